The molecule has 0 radical (unpaired) electrons. The molecule has 3 N–H and O–H groups in total. The molecule has 1 amide bonds. The van der Waals surface area contributed by atoms with Crippen molar-refractivity contribution in [2.45, 2.75) is 20.3 Å². The van der Waals surface area contributed by atoms with E-state index in [4.69, 9.17) is 10.5 Å². The number of benzene rings is 1. The highest BCUT2D eigenvalue weighted by Gasteiger charge is 2.09. The Balaban J connectivity index is 2.45. The van der Waals surface area contributed by atoms with Crippen molar-refractivity contribution >= 4 is 5.91 Å². The molecule has 1 unspecified atom stereocenters. The molecule has 0 fully saturated rings. The molecule has 4 nitrogen and oxygen atoms in total. The topological polar surface area (TPSA) is 64.3 Å². The van der Waals surface area contributed by atoms with Crippen LogP contribution in [0.1, 0.15) is 30.6 Å². The average Bonchev–Trinajstić information content (AvgIpc) is 2.37. The van der Waals surface area contributed by atoms with Gasteiger partial charge >= 0.3 is 0 Å². The lowest BCUT2D eigenvalue weighted by Gasteiger charge is -2.15. The number of carbonyl (C=O) groups is 1. The number of para-hydroxylation sites is 1. The van der Waals surface area contributed by atoms with E-state index in [1.54, 1.807) is 18.2 Å². The van der Waals surface area contributed by atoms with Crippen molar-refractivity contribution in [3.8, 4) is 5.75 Å². The predicted molar refractivity (Wildman–Crippen MR) is 72.8 cm³/mol. The summed E-state index contributed by atoms with van der Waals surface area (Å²) in [6.45, 7) is 6.74. The standard InChI is InChI=1S/C14H22N2O2/c1-3-8-16-9-11(2)10-18-13-7-5-4-6-12(13)14(15)17/h4-7,11,16H,3,8-10H2,1-2H3,(H2,15,17). The molecule has 0 aromatic heterocycles. The highest BCUT2D eigenvalue weighted by molar-refractivity contribution is 5.95. The highest BCUT2D eigenvalue weighted by atomic mass is 16.5. The first kappa shape index (κ1) is 14.5. The van der Waals surface area contributed by atoms with Crippen molar-refractivity contribution in [2.24, 2.45) is 11.7 Å². The highest BCUT2D eigenvalue weighted by Crippen LogP contribution is 2.17. The fourth-order valence-electron chi connectivity index (χ4n) is 1.61. The molecule has 1 atom stereocenters. The van der Waals surface area contributed by atoms with E-state index in [0.717, 1.165) is 19.5 Å². The largest absolute Gasteiger partial charge is 0.492 e. The normalized spacial score (nSPS) is 12.1. The van der Waals surface area contributed by atoms with E-state index >= 15 is 0 Å². The van der Waals surface area contributed by atoms with Gasteiger partial charge < -0.3 is 15.8 Å². The first-order valence-corrected chi connectivity index (χ1v) is 6.37. The van der Waals surface area contributed by atoms with Crippen LogP contribution in [0.5, 0.6) is 5.75 Å². The number of amides is 1. The quantitative estimate of drug-likeness (QED) is 0.691. The summed E-state index contributed by atoms with van der Waals surface area (Å²) in [5.74, 6) is 0.493. The second-order valence-electron chi connectivity index (χ2n) is 4.48. The monoisotopic (exact) mass is 250 g/mol. The Kier molecular flexibility index (Phi) is 6.22. The molecule has 1 aromatic rings. The molecule has 0 saturated carbocycles. The maximum atomic E-state index is 11.2. The van der Waals surface area contributed by atoms with E-state index in [1.165, 1.54) is 0 Å². The molecular weight excluding hydrogens is 228 g/mol. The van der Waals surface area contributed by atoms with Crippen LogP contribution in [0.3, 0.4) is 0 Å². The molecule has 0 aliphatic heterocycles. The minimum Gasteiger partial charge on any atom is -0.492 e. The van der Waals surface area contributed by atoms with E-state index in [2.05, 4.69) is 19.2 Å². The summed E-state index contributed by atoms with van der Waals surface area (Å²) >= 11 is 0. The summed E-state index contributed by atoms with van der Waals surface area (Å²) in [5.41, 5.74) is 5.72. The van der Waals surface area contributed by atoms with Gasteiger partial charge in [-0.1, -0.05) is 26.0 Å². The van der Waals surface area contributed by atoms with Gasteiger partial charge in [0.15, 0.2) is 0 Å². The number of nitrogens with one attached hydrogen (secondary N) is 1. The molecule has 1 aromatic carbocycles. The van der Waals surface area contributed by atoms with Gasteiger partial charge in [-0.3, -0.25) is 4.79 Å². The molecule has 0 aliphatic rings. The molecule has 18 heavy (non-hydrogen) atoms. The fraction of sp³-hybridized carbons (Fsp3) is 0.500. The number of hydrogen-bond acceptors (Lipinski definition) is 3. The molecule has 4 heteroatoms. The van der Waals surface area contributed by atoms with Crippen LogP contribution in [0, 0.1) is 5.92 Å². The lowest BCUT2D eigenvalue weighted by Crippen LogP contribution is -2.26. The number of nitrogens with two attached hydrogens (primary N) is 1. The minimum absolute atomic E-state index is 0.387. The first-order chi connectivity index (χ1) is 8.65. The van der Waals surface area contributed by atoms with Crippen molar-refractivity contribution in [3.63, 3.8) is 0 Å². The number of carbonyl (C=O) groups excluding carboxylic acids is 1. The van der Waals surface area contributed by atoms with Crippen LogP contribution < -0.4 is 15.8 Å². The van der Waals surface area contributed by atoms with Crippen LogP contribution in [0.15, 0.2) is 24.3 Å². The number of primary amides is 1. The van der Waals surface area contributed by atoms with Gasteiger partial charge in [-0.05, 0) is 25.1 Å². The van der Waals surface area contributed by atoms with Gasteiger partial charge in [-0.2, -0.15) is 0 Å². The average molecular weight is 250 g/mol. The van der Waals surface area contributed by atoms with Crippen LogP contribution in [0.4, 0.5) is 0 Å². The van der Waals surface area contributed by atoms with Crippen molar-refractivity contribution in [1.29, 1.82) is 0 Å². The van der Waals surface area contributed by atoms with Crippen LogP contribution in [0.2, 0.25) is 0 Å². The number of rotatable bonds is 8. The van der Waals surface area contributed by atoms with E-state index in [1.807, 2.05) is 6.07 Å². The predicted octanol–water partition coefficient (Wildman–Crippen LogP) is 1.80. The van der Waals surface area contributed by atoms with E-state index in [0.29, 0.717) is 23.8 Å². The molecular formula is C14H22N2O2. The van der Waals surface area contributed by atoms with Crippen molar-refractivity contribution in [3.05, 3.63) is 29.8 Å². The maximum absolute atomic E-state index is 11.2. The summed E-state index contributed by atoms with van der Waals surface area (Å²) in [4.78, 5) is 11.2. The van der Waals surface area contributed by atoms with Crippen molar-refractivity contribution in [2.75, 3.05) is 19.7 Å². The van der Waals surface area contributed by atoms with E-state index in [-0.39, 0.29) is 0 Å². The Morgan fingerprint density at radius 2 is 2.17 bits per heavy atom. The Labute approximate surface area is 109 Å². The maximum Gasteiger partial charge on any atom is 0.252 e. The third-order valence-electron chi connectivity index (χ3n) is 2.60. The second-order valence-corrected chi connectivity index (χ2v) is 4.48. The van der Waals surface area contributed by atoms with Gasteiger partial charge in [-0.15, -0.1) is 0 Å². The lowest BCUT2D eigenvalue weighted by atomic mass is 10.1. The van der Waals surface area contributed by atoms with Crippen LogP contribution in [-0.2, 0) is 0 Å². The zero-order valence-corrected chi connectivity index (χ0v) is 11.1. The van der Waals surface area contributed by atoms with Gasteiger partial charge in [0.2, 0.25) is 0 Å². The van der Waals surface area contributed by atoms with Gasteiger partial charge in [0.25, 0.3) is 5.91 Å². The summed E-state index contributed by atoms with van der Waals surface area (Å²) in [5, 5.41) is 3.34. The lowest BCUT2D eigenvalue weighted by molar-refractivity contribution is 0.0995. The van der Waals surface area contributed by atoms with Gasteiger partial charge in [0.1, 0.15) is 5.75 Å². The fourth-order valence-corrected chi connectivity index (χ4v) is 1.61. The molecule has 1 rings (SSSR count). The number of ether oxygens (including phenoxy) is 1. The zero-order valence-electron chi connectivity index (χ0n) is 11.1. The molecule has 0 heterocycles. The Bertz CT molecular complexity index is 380. The number of hydrogen-bond donors (Lipinski definition) is 2. The Morgan fingerprint density at radius 3 is 2.83 bits per heavy atom. The van der Waals surface area contributed by atoms with Gasteiger partial charge in [0.05, 0.1) is 12.2 Å². The van der Waals surface area contributed by atoms with E-state index < -0.39 is 5.91 Å². The Hall–Kier alpha value is -1.55. The summed E-state index contributed by atoms with van der Waals surface area (Å²) in [7, 11) is 0. The summed E-state index contributed by atoms with van der Waals surface area (Å²) in [6.07, 6.45) is 1.12. The SMILES string of the molecule is CCCNCC(C)COc1ccccc1C(N)=O. The van der Waals surface area contributed by atoms with Crippen LogP contribution >= 0.6 is 0 Å². The zero-order chi connectivity index (χ0) is 13.4. The molecule has 100 valence electrons. The molecule has 0 bridgehead atoms. The van der Waals surface area contributed by atoms with Crippen molar-refractivity contribution < 1.29 is 9.53 Å². The molecule has 0 spiro atoms. The molecule has 0 aliphatic carbocycles. The van der Waals surface area contributed by atoms with Crippen molar-refractivity contribution in [1.82, 2.24) is 5.32 Å². The molecule has 0 saturated heterocycles. The minimum atomic E-state index is -0.456. The van der Waals surface area contributed by atoms with Gasteiger partial charge in [-0.25, -0.2) is 0 Å². The smallest absolute Gasteiger partial charge is 0.252 e. The third kappa shape index (κ3) is 4.75. The summed E-state index contributed by atoms with van der Waals surface area (Å²) < 4.78 is 5.65. The van der Waals surface area contributed by atoms with Crippen LogP contribution in [-0.4, -0.2) is 25.6 Å². The summed E-state index contributed by atoms with van der Waals surface area (Å²) in [6, 6.07) is 7.06. The Morgan fingerprint density at radius 1 is 1.44 bits per heavy atom. The van der Waals surface area contributed by atoms with Gasteiger partial charge in [0, 0.05) is 12.5 Å². The third-order valence-corrected chi connectivity index (χ3v) is 2.60. The van der Waals surface area contributed by atoms with Crippen LogP contribution in [0.25, 0.3) is 0 Å². The first-order valence-electron chi connectivity index (χ1n) is 6.37. The second kappa shape index (κ2) is 7.71. The van der Waals surface area contributed by atoms with E-state index in [9.17, 15) is 4.79 Å².